The molecular formula is C28H35ClN6O3. The number of aliphatic imine (C=N–C) groups is 1. The fourth-order valence-electron chi connectivity index (χ4n) is 4.20. The Labute approximate surface area is 229 Å². The molecule has 0 saturated carbocycles. The summed E-state index contributed by atoms with van der Waals surface area (Å²) in [6, 6.07) is 8.19. The van der Waals surface area contributed by atoms with Gasteiger partial charge in [0.1, 0.15) is 23.7 Å². The molecule has 0 fully saturated rings. The van der Waals surface area contributed by atoms with Gasteiger partial charge in [0.2, 0.25) is 5.88 Å². The number of rotatable bonds is 3. The second kappa shape index (κ2) is 11.8. The summed E-state index contributed by atoms with van der Waals surface area (Å²) in [4.78, 5) is 23.6. The second-order valence-electron chi connectivity index (χ2n) is 10.1. The molecule has 0 aliphatic carbocycles. The zero-order chi connectivity index (χ0) is 27.3. The third kappa shape index (κ3) is 6.77. The van der Waals surface area contributed by atoms with Gasteiger partial charge in [0.15, 0.2) is 0 Å². The molecule has 3 N–H and O–H groups in total. The molecule has 0 atom stereocenters. The fourth-order valence-corrected chi connectivity index (χ4v) is 4.46. The van der Waals surface area contributed by atoms with Crippen LogP contribution in [0, 0.1) is 6.92 Å². The number of hydrogen-bond acceptors (Lipinski definition) is 8. The highest BCUT2D eigenvalue weighted by atomic mass is 35.5. The molecule has 0 bridgehead atoms. The van der Waals surface area contributed by atoms with Crippen LogP contribution in [-0.2, 0) is 22.3 Å². The number of ether oxygens (including phenoxy) is 2. The lowest BCUT2D eigenvalue weighted by molar-refractivity contribution is 0.0215. The molecule has 10 heteroatoms. The minimum Gasteiger partial charge on any atom is -0.474 e. The smallest absolute Gasteiger partial charge is 0.415 e. The van der Waals surface area contributed by atoms with E-state index in [0.29, 0.717) is 30.2 Å². The SMILES string of the molecule is CNc1ccc(Nc2cc3c(cn2)CCN/C=C(\Cl)C2=C(/N=C\C3)OCCN2C(=O)OC(C)(C)C)cc1C. The summed E-state index contributed by atoms with van der Waals surface area (Å²) >= 11 is 6.64. The zero-order valence-electron chi connectivity index (χ0n) is 22.5. The molecule has 1 aromatic heterocycles. The molecule has 2 aliphatic rings. The number of benzene rings is 1. The highest BCUT2D eigenvalue weighted by Gasteiger charge is 2.32. The van der Waals surface area contributed by atoms with Crippen LogP contribution in [0.25, 0.3) is 0 Å². The molecule has 1 amide bonds. The summed E-state index contributed by atoms with van der Waals surface area (Å²) in [5.41, 5.74) is 5.13. The van der Waals surface area contributed by atoms with E-state index in [9.17, 15) is 4.79 Å². The van der Waals surface area contributed by atoms with E-state index in [0.717, 1.165) is 40.3 Å². The largest absolute Gasteiger partial charge is 0.474 e. The van der Waals surface area contributed by atoms with Crippen molar-refractivity contribution in [1.82, 2.24) is 15.2 Å². The zero-order valence-corrected chi connectivity index (χ0v) is 23.3. The summed E-state index contributed by atoms with van der Waals surface area (Å²) in [6.07, 6.45) is 6.14. The summed E-state index contributed by atoms with van der Waals surface area (Å²) in [7, 11) is 1.91. The molecule has 4 rings (SSSR count). The monoisotopic (exact) mass is 538 g/mol. The van der Waals surface area contributed by atoms with Gasteiger partial charge in [0, 0.05) is 50.0 Å². The molecule has 0 radical (unpaired) electrons. The van der Waals surface area contributed by atoms with E-state index < -0.39 is 11.7 Å². The lowest BCUT2D eigenvalue weighted by Crippen LogP contribution is -2.41. The number of carbonyl (C=O) groups excluding carboxylic acids is 1. The van der Waals surface area contributed by atoms with Gasteiger partial charge >= 0.3 is 6.09 Å². The molecule has 202 valence electrons. The number of fused-ring (bicyclic) bond motifs is 1. The van der Waals surface area contributed by atoms with Crippen molar-refractivity contribution in [2.45, 2.75) is 46.1 Å². The molecule has 1 aromatic carbocycles. The number of carbonyl (C=O) groups is 1. The van der Waals surface area contributed by atoms with Gasteiger partial charge in [-0.1, -0.05) is 11.6 Å². The van der Waals surface area contributed by atoms with Gasteiger partial charge in [-0.2, -0.15) is 0 Å². The van der Waals surface area contributed by atoms with E-state index in [-0.39, 0.29) is 12.5 Å². The van der Waals surface area contributed by atoms with Crippen LogP contribution in [0.15, 0.2) is 58.3 Å². The maximum Gasteiger partial charge on any atom is 0.415 e. The number of aromatic nitrogens is 1. The number of nitrogens with zero attached hydrogens (tertiary/aromatic N) is 3. The van der Waals surface area contributed by atoms with Crippen molar-refractivity contribution in [2.24, 2.45) is 4.99 Å². The van der Waals surface area contributed by atoms with Crippen LogP contribution in [0.3, 0.4) is 0 Å². The highest BCUT2D eigenvalue weighted by molar-refractivity contribution is 6.32. The standard InChI is InChI=1S/C28H35ClN6O3/c1-18-14-21(6-7-23(18)30-5)34-24-15-19-9-11-32-26-25(22(29)17-31-10-8-20(19)16-33-24)35(12-13-37-26)27(36)38-28(2,3)4/h6-7,11,14-17,30-31H,8-10,12-13H2,1-5H3,(H,33,34)/b22-17-,32-11-. The van der Waals surface area contributed by atoms with Gasteiger partial charge in [-0.25, -0.2) is 14.8 Å². The maximum absolute atomic E-state index is 12.9. The first-order valence-corrected chi connectivity index (χ1v) is 13.0. The van der Waals surface area contributed by atoms with Crippen LogP contribution in [0.4, 0.5) is 22.0 Å². The molecule has 3 heterocycles. The van der Waals surface area contributed by atoms with Crippen LogP contribution < -0.4 is 16.0 Å². The maximum atomic E-state index is 12.9. The number of nitrogens with one attached hydrogen (secondary N) is 3. The van der Waals surface area contributed by atoms with Crippen molar-refractivity contribution < 1.29 is 14.3 Å². The Hall–Kier alpha value is -3.72. The number of anilines is 3. The molecule has 9 nitrogen and oxygen atoms in total. The first kappa shape index (κ1) is 27.3. The lowest BCUT2D eigenvalue weighted by atomic mass is 10.0. The molecule has 2 aliphatic heterocycles. The normalized spacial score (nSPS) is 18.3. The molecule has 0 saturated heterocycles. The van der Waals surface area contributed by atoms with Gasteiger partial charge in [-0.05, 0) is 75.1 Å². The Morgan fingerprint density at radius 1 is 1.24 bits per heavy atom. The molecule has 0 unspecified atom stereocenters. The van der Waals surface area contributed by atoms with Crippen LogP contribution in [-0.4, -0.2) is 54.5 Å². The quantitative estimate of drug-likeness (QED) is 0.477. The third-order valence-corrected chi connectivity index (χ3v) is 6.29. The molecule has 2 aromatic rings. The Balaban J connectivity index is 1.61. The van der Waals surface area contributed by atoms with Crippen molar-refractivity contribution in [3.8, 4) is 0 Å². The van der Waals surface area contributed by atoms with Crippen molar-refractivity contribution in [1.29, 1.82) is 0 Å². The highest BCUT2D eigenvalue weighted by Crippen LogP contribution is 2.29. The minimum atomic E-state index is -0.643. The van der Waals surface area contributed by atoms with Gasteiger partial charge in [-0.15, -0.1) is 0 Å². The van der Waals surface area contributed by atoms with E-state index in [1.165, 1.54) is 4.90 Å². The van der Waals surface area contributed by atoms with Gasteiger partial charge in [-0.3, -0.25) is 4.90 Å². The van der Waals surface area contributed by atoms with Crippen LogP contribution in [0.1, 0.15) is 37.5 Å². The number of pyridine rings is 1. The van der Waals surface area contributed by atoms with E-state index in [1.807, 2.05) is 52.2 Å². The predicted molar refractivity (Wildman–Crippen MR) is 152 cm³/mol. The second-order valence-corrected chi connectivity index (χ2v) is 10.5. The van der Waals surface area contributed by atoms with Crippen LogP contribution >= 0.6 is 11.6 Å². The number of aryl methyl sites for hydroxylation is 1. The average molecular weight is 539 g/mol. The Morgan fingerprint density at radius 2 is 2.05 bits per heavy atom. The van der Waals surface area contributed by atoms with Gasteiger partial charge in [0.05, 0.1) is 11.6 Å². The fraction of sp³-hybridized carbons (Fsp3) is 0.393. The molecule has 38 heavy (non-hydrogen) atoms. The van der Waals surface area contributed by atoms with E-state index in [2.05, 4.69) is 38.9 Å². The number of halogens is 1. The predicted octanol–water partition coefficient (Wildman–Crippen LogP) is 5.45. The van der Waals surface area contributed by atoms with Gasteiger partial charge in [0.25, 0.3) is 0 Å². The first-order valence-electron chi connectivity index (χ1n) is 12.7. The summed E-state index contributed by atoms with van der Waals surface area (Å²) in [5, 5.41) is 10.1. The van der Waals surface area contributed by atoms with E-state index in [1.54, 1.807) is 12.4 Å². The topological polar surface area (TPSA) is 100 Å². The Kier molecular flexibility index (Phi) is 8.46. The number of hydrogen-bond donors (Lipinski definition) is 3. The van der Waals surface area contributed by atoms with Crippen molar-refractivity contribution >= 4 is 41.1 Å². The first-order chi connectivity index (χ1) is 18.1. The lowest BCUT2D eigenvalue weighted by Gasteiger charge is -2.32. The average Bonchev–Trinajstić information content (AvgIpc) is 2.85. The van der Waals surface area contributed by atoms with Crippen molar-refractivity contribution in [2.75, 3.05) is 37.4 Å². The summed E-state index contributed by atoms with van der Waals surface area (Å²) in [6.45, 7) is 8.77. The third-order valence-electron chi connectivity index (χ3n) is 6.00. The van der Waals surface area contributed by atoms with Crippen LogP contribution in [0.5, 0.6) is 0 Å². The summed E-state index contributed by atoms with van der Waals surface area (Å²) < 4.78 is 11.4. The van der Waals surface area contributed by atoms with Crippen molar-refractivity contribution in [3.05, 3.63) is 70.0 Å². The summed E-state index contributed by atoms with van der Waals surface area (Å²) in [5.74, 6) is 1.03. The minimum absolute atomic E-state index is 0.278. The van der Waals surface area contributed by atoms with E-state index >= 15 is 0 Å². The van der Waals surface area contributed by atoms with Crippen molar-refractivity contribution in [3.63, 3.8) is 0 Å². The van der Waals surface area contributed by atoms with Crippen LogP contribution in [0.2, 0.25) is 0 Å². The molecule has 0 spiro atoms. The number of allylic oxidation sites excluding steroid dienone is 1. The van der Waals surface area contributed by atoms with Gasteiger partial charge < -0.3 is 25.4 Å². The Bertz CT molecular complexity index is 1280. The number of amides is 1. The van der Waals surface area contributed by atoms with E-state index in [4.69, 9.17) is 21.1 Å². The Morgan fingerprint density at radius 3 is 2.79 bits per heavy atom. The molecular weight excluding hydrogens is 504 g/mol.